The molecule has 0 aliphatic carbocycles. The third-order valence-corrected chi connectivity index (χ3v) is 3.90. The normalized spacial score (nSPS) is 19.1. The fourth-order valence-corrected chi connectivity index (χ4v) is 2.96. The van der Waals surface area contributed by atoms with Crippen molar-refractivity contribution >= 4 is 23.6 Å². The molecule has 0 spiro atoms. The van der Waals surface area contributed by atoms with Gasteiger partial charge in [0, 0.05) is 11.3 Å². The molecule has 1 aromatic carbocycles. The van der Waals surface area contributed by atoms with E-state index in [1.807, 2.05) is 0 Å². The molecule has 0 radical (unpaired) electrons. The molecule has 108 valence electrons. The first kappa shape index (κ1) is 14.7. The zero-order chi connectivity index (χ0) is 14.9. The number of halogens is 3. The smallest absolute Gasteiger partial charge is 0.416 e. The highest BCUT2D eigenvalue weighted by Gasteiger charge is 2.35. The highest BCUT2D eigenvalue weighted by atomic mass is 32.2. The lowest BCUT2D eigenvalue weighted by atomic mass is 10.1. The minimum Gasteiger partial charge on any atom is -0.480 e. The average molecular weight is 305 g/mol. The van der Waals surface area contributed by atoms with Gasteiger partial charge in [-0.15, -0.1) is 11.8 Å². The number of carbonyl (C=O) groups excluding carboxylic acids is 1. The lowest BCUT2D eigenvalue weighted by Crippen LogP contribution is -2.41. The summed E-state index contributed by atoms with van der Waals surface area (Å²) in [5.74, 6) is -1.19. The number of hydrogen-bond donors (Lipinski definition) is 1. The van der Waals surface area contributed by atoms with Crippen LogP contribution in [0.3, 0.4) is 0 Å². The molecule has 1 aromatic rings. The van der Waals surface area contributed by atoms with Gasteiger partial charge in [-0.1, -0.05) is 0 Å². The minimum atomic E-state index is -4.46. The Bertz CT molecular complexity index is 530. The van der Waals surface area contributed by atoms with Crippen molar-refractivity contribution in [2.75, 3.05) is 11.6 Å². The molecule has 0 aromatic heterocycles. The maximum atomic E-state index is 12.4. The first-order chi connectivity index (χ1) is 9.30. The van der Waals surface area contributed by atoms with E-state index in [2.05, 4.69) is 0 Å². The van der Waals surface area contributed by atoms with Crippen LogP contribution >= 0.6 is 11.8 Å². The lowest BCUT2D eigenvalue weighted by Gasteiger charge is -2.20. The number of carboxylic acid groups (broad SMARTS) is 1. The van der Waals surface area contributed by atoms with Crippen LogP contribution in [0.2, 0.25) is 0 Å². The molecule has 1 unspecified atom stereocenters. The Hall–Kier alpha value is -1.70. The van der Waals surface area contributed by atoms with Crippen LogP contribution in [0, 0.1) is 0 Å². The Morgan fingerprint density at radius 1 is 1.25 bits per heavy atom. The number of rotatable bonds is 2. The summed E-state index contributed by atoms with van der Waals surface area (Å²) in [6.45, 7) is 0. The summed E-state index contributed by atoms with van der Waals surface area (Å²) in [5.41, 5.74) is -0.800. The average Bonchev–Trinajstić information content (AvgIpc) is 2.86. The van der Waals surface area contributed by atoms with Crippen LogP contribution in [0.15, 0.2) is 24.3 Å². The van der Waals surface area contributed by atoms with Crippen LogP contribution < -0.4 is 0 Å². The molecule has 1 N–H and O–H groups in total. The van der Waals surface area contributed by atoms with Crippen LogP contribution in [0.1, 0.15) is 15.9 Å². The van der Waals surface area contributed by atoms with Crippen molar-refractivity contribution in [2.45, 2.75) is 12.2 Å². The van der Waals surface area contributed by atoms with Gasteiger partial charge in [-0.05, 0) is 24.3 Å². The molecule has 1 amide bonds. The van der Waals surface area contributed by atoms with Crippen molar-refractivity contribution in [3.05, 3.63) is 35.4 Å². The summed E-state index contributed by atoms with van der Waals surface area (Å²) in [4.78, 5) is 24.2. The topological polar surface area (TPSA) is 57.6 Å². The molecule has 20 heavy (non-hydrogen) atoms. The second kappa shape index (κ2) is 5.35. The van der Waals surface area contributed by atoms with Crippen LogP contribution in [0.4, 0.5) is 13.2 Å². The number of hydrogen-bond acceptors (Lipinski definition) is 3. The number of carbonyl (C=O) groups is 2. The van der Waals surface area contributed by atoms with Gasteiger partial charge in [0.15, 0.2) is 0 Å². The quantitative estimate of drug-likeness (QED) is 0.911. The van der Waals surface area contributed by atoms with Crippen molar-refractivity contribution in [1.82, 2.24) is 4.90 Å². The van der Waals surface area contributed by atoms with Crippen molar-refractivity contribution in [2.24, 2.45) is 0 Å². The van der Waals surface area contributed by atoms with Crippen LogP contribution in [0.5, 0.6) is 0 Å². The Balaban J connectivity index is 2.19. The summed E-state index contributed by atoms with van der Waals surface area (Å²) in [6, 6.07) is 2.81. The maximum Gasteiger partial charge on any atom is 0.416 e. The molecule has 1 saturated heterocycles. The largest absolute Gasteiger partial charge is 0.480 e. The predicted octanol–water partition coefficient (Wildman–Crippen LogP) is 2.31. The standard InChI is InChI=1S/C12H10F3NO3S/c13-12(14,15)8-3-1-7(2-4-8)10(17)16-6-20-5-9(16)11(18)19/h1-4,9H,5-6H2,(H,18,19). The van der Waals surface area contributed by atoms with Crippen LogP contribution in [-0.2, 0) is 11.0 Å². The Labute approximate surface area is 116 Å². The summed E-state index contributed by atoms with van der Waals surface area (Å²) < 4.78 is 37.2. The fraction of sp³-hybridized carbons (Fsp3) is 0.333. The van der Waals surface area contributed by atoms with E-state index in [0.717, 1.165) is 29.2 Å². The van der Waals surface area contributed by atoms with E-state index in [1.165, 1.54) is 11.8 Å². The zero-order valence-corrected chi connectivity index (χ0v) is 10.9. The number of benzene rings is 1. The van der Waals surface area contributed by atoms with Gasteiger partial charge in [0.2, 0.25) is 0 Å². The van der Waals surface area contributed by atoms with Crippen molar-refractivity contribution in [1.29, 1.82) is 0 Å². The fourth-order valence-electron chi connectivity index (χ4n) is 1.82. The van der Waals surface area contributed by atoms with E-state index in [9.17, 15) is 22.8 Å². The first-order valence-electron chi connectivity index (χ1n) is 5.59. The molecule has 1 aliphatic rings. The number of carboxylic acids is 1. The molecule has 8 heteroatoms. The molecule has 2 rings (SSSR count). The van der Waals surface area contributed by atoms with E-state index in [-0.39, 0.29) is 17.2 Å². The van der Waals surface area contributed by atoms with E-state index in [0.29, 0.717) is 0 Å². The third-order valence-electron chi connectivity index (χ3n) is 2.89. The SMILES string of the molecule is O=C(O)C1CSCN1C(=O)c1ccc(C(F)(F)F)cc1. The van der Waals surface area contributed by atoms with Crippen molar-refractivity contribution in [3.63, 3.8) is 0 Å². The molecule has 0 bridgehead atoms. The Kier molecular flexibility index (Phi) is 3.94. The second-order valence-electron chi connectivity index (χ2n) is 4.20. The van der Waals surface area contributed by atoms with E-state index in [1.54, 1.807) is 0 Å². The van der Waals surface area contributed by atoms with E-state index in [4.69, 9.17) is 5.11 Å². The zero-order valence-electron chi connectivity index (χ0n) is 10.1. The summed E-state index contributed by atoms with van der Waals surface area (Å²) in [7, 11) is 0. The Morgan fingerprint density at radius 3 is 2.35 bits per heavy atom. The van der Waals surface area contributed by atoms with Gasteiger partial charge in [0.25, 0.3) is 5.91 Å². The van der Waals surface area contributed by atoms with Gasteiger partial charge < -0.3 is 10.0 Å². The number of thioether (sulfide) groups is 1. The second-order valence-corrected chi connectivity index (χ2v) is 5.20. The monoisotopic (exact) mass is 305 g/mol. The van der Waals surface area contributed by atoms with Gasteiger partial charge in [0.05, 0.1) is 11.4 Å². The lowest BCUT2D eigenvalue weighted by molar-refractivity contribution is -0.141. The maximum absolute atomic E-state index is 12.4. The van der Waals surface area contributed by atoms with Crippen molar-refractivity contribution in [3.8, 4) is 0 Å². The Morgan fingerprint density at radius 2 is 1.85 bits per heavy atom. The van der Waals surface area contributed by atoms with Gasteiger partial charge >= 0.3 is 12.1 Å². The molecule has 4 nitrogen and oxygen atoms in total. The van der Waals surface area contributed by atoms with Gasteiger partial charge in [-0.25, -0.2) is 4.79 Å². The van der Waals surface area contributed by atoms with Crippen LogP contribution in [-0.4, -0.2) is 39.6 Å². The summed E-state index contributed by atoms with van der Waals surface area (Å²) in [5, 5.41) is 8.97. The molecule has 1 heterocycles. The predicted molar refractivity (Wildman–Crippen MR) is 66.4 cm³/mol. The van der Waals surface area contributed by atoms with Crippen LogP contribution in [0.25, 0.3) is 0 Å². The highest BCUT2D eigenvalue weighted by Crippen LogP contribution is 2.30. The van der Waals surface area contributed by atoms with Crippen molar-refractivity contribution < 1.29 is 27.9 Å². The number of aliphatic carboxylic acids is 1. The highest BCUT2D eigenvalue weighted by molar-refractivity contribution is 7.99. The van der Waals surface area contributed by atoms with Gasteiger partial charge in [0.1, 0.15) is 6.04 Å². The van der Waals surface area contributed by atoms with Gasteiger partial charge in [-0.3, -0.25) is 4.79 Å². The molecular formula is C12H10F3NO3S. The number of alkyl halides is 3. The number of amides is 1. The molecular weight excluding hydrogens is 295 g/mol. The van der Waals surface area contributed by atoms with E-state index >= 15 is 0 Å². The molecule has 1 atom stereocenters. The summed E-state index contributed by atoms with van der Waals surface area (Å²) in [6.07, 6.45) is -4.46. The minimum absolute atomic E-state index is 0.0479. The van der Waals surface area contributed by atoms with E-state index < -0.39 is 29.7 Å². The third kappa shape index (κ3) is 2.90. The summed E-state index contributed by atoms with van der Waals surface area (Å²) >= 11 is 1.29. The number of nitrogens with zero attached hydrogens (tertiary/aromatic N) is 1. The van der Waals surface area contributed by atoms with Gasteiger partial charge in [-0.2, -0.15) is 13.2 Å². The first-order valence-corrected chi connectivity index (χ1v) is 6.75. The molecule has 1 fully saturated rings. The molecule has 0 saturated carbocycles. The molecule has 1 aliphatic heterocycles.